The molecule has 0 spiro atoms. The number of nitrogens with zero attached hydrogens (tertiary/aromatic N) is 5. The van der Waals surface area contributed by atoms with Gasteiger partial charge in [0.15, 0.2) is 0 Å². The van der Waals surface area contributed by atoms with E-state index in [-0.39, 0.29) is 5.91 Å². The van der Waals surface area contributed by atoms with E-state index in [9.17, 15) is 4.79 Å². The van der Waals surface area contributed by atoms with Crippen molar-refractivity contribution >= 4 is 16.9 Å². The molecule has 3 N–H and O–H groups in total. The average molecular weight is 550 g/mol. The number of hydrogen-bond donors (Lipinski definition) is 2. The molecule has 1 aliphatic rings. The van der Waals surface area contributed by atoms with E-state index in [1.165, 1.54) is 5.56 Å². The SMILES string of the molecule is CCn1nccc1-c1c[nH]c2nccc(Oc3ccc(CC(N)C(=O)N4CCN(Cc5ccccc5)CC4)cc3)c12. The second-order valence-electron chi connectivity index (χ2n) is 10.4. The number of benzene rings is 2. The Morgan fingerprint density at radius 3 is 2.51 bits per heavy atom. The van der Waals surface area contributed by atoms with Crippen LogP contribution < -0.4 is 10.5 Å². The largest absolute Gasteiger partial charge is 0.457 e. The number of rotatable bonds is 9. The van der Waals surface area contributed by atoms with Gasteiger partial charge in [0.25, 0.3) is 0 Å². The van der Waals surface area contributed by atoms with E-state index in [0.717, 1.165) is 54.0 Å². The number of nitrogens with one attached hydrogen (secondary N) is 1. The normalized spacial score (nSPS) is 14.8. The molecule has 0 aliphatic carbocycles. The number of aromatic amines is 1. The highest BCUT2D eigenvalue weighted by molar-refractivity contribution is 5.97. The molecule has 1 fully saturated rings. The molecule has 0 bridgehead atoms. The van der Waals surface area contributed by atoms with E-state index < -0.39 is 6.04 Å². The summed E-state index contributed by atoms with van der Waals surface area (Å²) in [5.74, 6) is 1.42. The van der Waals surface area contributed by atoms with Crippen molar-refractivity contribution in [3.63, 3.8) is 0 Å². The molecule has 5 aromatic rings. The van der Waals surface area contributed by atoms with Crippen LogP contribution in [0.25, 0.3) is 22.3 Å². The fourth-order valence-corrected chi connectivity index (χ4v) is 5.49. The maximum atomic E-state index is 13.1. The van der Waals surface area contributed by atoms with Crippen LogP contribution in [0.3, 0.4) is 0 Å². The number of hydrogen-bond acceptors (Lipinski definition) is 6. The molecule has 4 heterocycles. The van der Waals surface area contributed by atoms with Crippen LogP contribution in [-0.2, 0) is 24.3 Å². The number of carbonyl (C=O) groups is 1. The number of H-pyrrole nitrogens is 1. The topological polar surface area (TPSA) is 105 Å². The van der Waals surface area contributed by atoms with Crippen molar-refractivity contribution in [2.45, 2.75) is 32.5 Å². The van der Waals surface area contributed by atoms with Crippen molar-refractivity contribution in [1.82, 2.24) is 29.5 Å². The zero-order valence-electron chi connectivity index (χ0n) is 23.2. The van der Waals surface area contributed by atoms with Crippen molar-refractivity contribution in [1.29, 1.82) is 0 Å². The van der Waals surface area contributed by atoms with Crippen LogP contribution in [0.5, 0.6) is 11.5 Å². The maximum Gasteiger partial charge on any atom is 0.239 e. The molecule has 1 atom stereocenters. The standard InChI is InChI=1S/C32H35N7O2/c1-2-39-28(12-15-36-39)26-21-35-31-30(26)29(13-14-34-31)41-25-10-8-23(9-11-25)20-27(33)32(40)38-18-16-37(17-19-38)22-24-6-4-3-5-7-24/h3-15,21,27H,2,16-20,22,33H2,1H3,(H,34,35). The summed E-state index contributed by atoms with van der Waals surface area (Å²) in [7, 11) is 0. The summed E-state index contributed by atoms with van der Waals surface area (Å²) in [5, 5.41) is 5.31. The van der Waals surface area contributed by atoms with Gasteiger partial charge < -0.3 is 20.4 Å². The lowest BCUT2D eigenvalue weighted by atomic mass is 10.0. The zero-order chi connectivity index (χ0) is 28.2. The first-order valence-corrected chi connectivity index (χ1v) is 14.1. The second-order valence-corrected chi connectivity index (χ2v) is 10.4. The highest BCUT2D eigenvalue weighted by atomic mass is 16.5. The minimum absolute atomic E-state index is 0.00942. The summed E-state index contributed by atoms with van der Waals surface area (Å²) in [5.41, 5.74) is 11.4. The molecule has 2 aromatic carbocycles. The van der Waals surface area contributed by atoms with Gasteiger partial charge in [-0.25, -0.2) is 4.98 Å². The van der Waals surface area contributed by atoms with Crippen LogP contribution in [0.4, 0.5) is 0 Å². The van der Waals surface area contributed by atoms with Gasteiger partial charge in [-0.2, -0.15) is 5.10 Å². The van der Waals surface area contributed by atoms with E-state index >= 15 is 0 Å². The molecular weight excluding hydrogens is 514 g/mol. The fourth-order valence-electron chi connectivity index (χ4n) is 5.49. The summed E-state index contributed by atoms with van der Waals surface area (Å²) in [4.78, 5) is 25.1. The first-order valence-electron chi connectivity index (χ1n) is 14.1. The molecule has 0 radical (unpaired) electrons. The summed E-state index contributed by atoms with van der Waals surface area (Å²) >= 11 is 0. The number of aromatic nitrogens is 4. The van der Waals surface area contributed by atoms with Gasteiger partial charge in [0.2, 0.25) is 5.91 Å². The molecule has 1 aliphatic heterocycles. The smallest absolute Gasteiger partial charge is 0.239 e. The van der Waals surface area contributed by atoms with E-state index in [0.29, 0.717) is 31.0 Å². The number of amides is 1. The minimum atomic E-state index is -0.576. The van der Waals surface area contributed by atoms with Crippen molar-refractivity contribution in [3.05, 3.63) is 96.4 Å². The highest BCUT2D eigenvalue weighted by Gasteiger charge is 2.25. The molecule has 0 saturated carbocycles. The van der Waals surface area contributed by atoms with Crippen LogP contribution in [0.15, 0.2) is 85.3 Å². The van der Waals surface area contributed by atoms with Gasteiger partial charge in [-0.1, -0.05) is 42.5 Å². The van der Waals surface area contributed by atoms with Crippen molar-refractivity contribution < 1.29 is 9.53 Å². The van der Waals surface area contributed by atoms with E-state index in [1.807, 2.05) is 58.2 Å². The number of fused-ring (bicyclic) bond motifs is 1. The lowest BCUT2D eigenvalue weighted by Crippen LogP contribution is -2.53. The molecule has 1 unspecified atom stereocenters. The molecule has 9 heteroatoms. The molecule has 210 valence electrons. The third-order valence-electron chi connectivity index (χ3n) is 7.68. The molecular formula is C32H35N7O2. The first kappa shape index (κ1) is 26.7. The Kier molecular flexibility index (Phi) is 7.80. The third kappa shape index (κ3) is 5.86. The van der Waals surface area contributed by atoms with Crippen LogP contribution in [0.2, 0.25) is 0 Å². The minimum Gasteiger partial charge on any atom is -0.457 e. The van der Waals surface area contributed by atoms with Gasteiger partial charge in [-0.3, -0.25) is 14.4 Å². The predicted octanol–water partition coefficient (Wildman–Crippen LogP) is 4.45. The monoisotopic (exact) mass is 549 g/mol. The Bertz CT molecular complexity index is 1600. The quantitative estimate of drug-likeness (QED) is 0.281. The molecule has 3 aromatic heterocycles. The average Bonchev–Trinajstić information content (AvgIpc) is 3.66. The van der Waals surface area contributed by atoms with Gasteiger partial charge in [-0.15, -0.1) is 0 Å². The summed E-state index contributed by atoms with van der Waals surface area (Å²) in [6.45, 7) is 6.84. The van der Waals surface area contributed by atoms with Crippen molar-refractivity contribution in [2.24, 2.45) is 5.73 Å². The summed E-state index contributed by atoms with van der Waals surface area (Å²) < 4.78 is 8.26. The highest BCUT2D eigenvalue weighted by Crippen LogP contribution is 2.36. The molecule has 1 saturated heterocycles. The Morgan fingerprint density at radius 1 is 0.976 bits per heavy atom. The van der Waals surface area contributed by atoms with Crippen LogP contribution in [0, 0.1) is 0 Å². The van der Waals surface area contributed by atoms with Gasteiger partial charge in [0, 0.05) is 63.4 Å². The molecule has 41 heavy (non-hydrogen) atoms. The number of carbonyl (C=O) groups excluding carboxylic acids is 1. The second kappa shape index (κ2) is 12.0. The molecule has 9 nitrogen and oxygen atoms in total. The lowest BCUT2D eigenvalue weighted by Gasteiger charge is -2.36. The lowest BCUT2D eigenvalue weighted by molar-refractivity contribution is -0.134. The Hall–Kier alpha value is -4.47. The summed E-state index contributed by atoms with van der Waals surface area (Å²) in [6, 6.07) is 21.5. The molecule has 6 rings (SSSR count). The molecule has 1 amide bonds. The van der Waals surface area contributed by atoms with Crippen LogP contribution in [-0.4, -0.2) is 67.7 Å². The van der Waals surface area contributed by atoms with Gasteiger partial charge >= 0.3 is 0 Å². The van der Waals surface area contributed by atoms with E-state index in [4.69, 9.17) is 10.5 Å². The Morgan fingerprint density at radius 2 is 1.76 bits per heavy atom. The van der Waals surface area contributed by atoms with Crippen LogP contribution in [0.1, 0.15) is 18.1 Å². The number of aryl methyl sites for hydroxylation is 1. The Labute approximate surface area is 239 Å². The van der Waals surface area contributed by atoms with Crippen molar-refractivity contribution in [2.75, 3.05) is 26.2 Å². The third-order valence-corrected chi connectivity index (χ3v) is 7.68. The van der Waals surface area contributed by atoms with Gasteiger partial charge in [-0.05, 0) is 48.7 Å². The van der Waals surface area contributed by atoms with E-state index in [2.05, 4.69) is 51.2 Å². The van der Waals surface area contributed by atoms with Gasteiger partial charge in [0.05, 0.1) is 17.1 Å². The Balaban J connectivity index is 1.07. The number of pyridine rings is 1. The van der Waals surface area contributed by atoms with Crippen molar-refractivity contribution in [3.8, 4) is 22.8 Å². The van der Waals surface area contributed by atoms with Crippen LogP contribution >= 0.6 is 0 Å². The summed E-state index contributed by atoms with van der Waals surface area (Å²) in [6.07, 6.45) is 5.95. The van der Waals surface area contributed by atoms with Gasteiger partial charge in [0.1, 0.15) is 17.1 Å². The number of piperazine rings is 1. The van der Waals surface area contributed by atoms with E-state index in [1.54, 1.807) is 12.4 Å². The first-order chi connectivity index (χ1) is 20.1. The number of nitrogens with two attached hydrogens (primary N) is 1. The maximum absolute atomic E-state index is 13.1. The predicted molar refractivity (Wildman–Crippen MR) is 159 cm³/mol. The fraction of sp³-hybridized carbons (Fsp3) is 0.281. The number of ether oxygens (including phenoxy) is 1. The zero-order valence-corrected chi connectivity index (χ0v) is 23.2.